The number of rotatable bonds is 10. The number of benzene rings is 1. The second-order valence-electron chi connectivity index (χ2n) is 6.92. The molecule has 0 fully saturated rings. The zero-order chi connectivity index (χ0) is 22.8. The van der Waals surface area contributed by atoms with E-state index in [1.54, 1.807) is 33.8 Å². The highest BCUT2D eigenvalue weighted by Crippen LogP contribution is 2.01. The Labute approximate surface area is 179 Å². The SMILES string of the molecule is CC(C)OC(=O)/C=C/C(=O)OC(C)C.CCCCCOC(=O)C=Cc1ccccc1. The lowest BCUT2D eigenvalue weighted by atomic mass is 10.2. The number of esters is 3. The lowest BCUT2D eigenvalue weighted by molar-refractivity contribution is -0.144. The lowest BCUT2D eigenvalue weighted by Crippen LogP contribution is -2.11. The third kappa shape index (κ3) is 17.2. The largest absolute Gasteiger partial charge is 0.463 e. The first-order chi connectivity index (χ1) is 14.2. The van der Waals surface area contributed by atoms with Crippen molar-refractivity contribution in [1.82, 2.24) is 0 Å². The Morgan fingerprint density at radius 1 is 0.800 bits per heavy atom. The fourth-order valence-corrected chi connectivity index (χ4v) is 1.98. The molecule has 0 heterocycles. The third-order valence-corrected chi connectivity index (χ3v) is 3.26. The molecule has 0 atom stereocenters. The molecule has 6 nitrogen and oxygen atoms in total. The second-order valence-corrected chi connectivity index (χ2v) is 6.92. The van der Waals surface area contributed by atoms with Gasteiger partial charge >= 0.3 is 17.9 Å². The molecule has 0 saturated heterocycles. The van der Waals surface area contributed by atoms with Crippen LogP contribution in [0, 0.1) is 0 Å². The van der Waals surface area contributed by atoms with Crippen LogP contribution in [0.5, 0.6) is 0 Å². The van der Waals surface area contributed by atoms with Crippen LogP contribution in [-0.4, -0.2) is 36.7 Å². The quantitative estimate of drug-likeness (QED) is 0.233. The summed E-state index contributed by atoms with van der Waals surface area (Å²) in [5.41, 5.74) is 1.01. The normalized spacial score (nSPS) is 10.8. The van der Waals surface area contributed by atoms with Crippen LogP contribution in [0.15, 0.2) is 48.6 Å². The van der Waals surface area contributed by atoms with E-state index >= 15 is 0 Å². The van der Waals surface area contributed by atoms with E-state index in [0.717, 1.165) is 37.0 Å². The maximum absolute atomic E-state index is 11.3. The van der Waals surface area contributed by atoms with Crippen molar-refractivity contribution in [1.29, 1.82) is 0 Å². The van der Waals surface area contributed by atoms with E-state index in [1.807, 2.05) is 30.3 Å². The molecular formula is C24H34O6. The molecule has 0 aliphatic rings. The highest BCUT2D eigenvalue weighted by Gasteiger charge is 2.04. The molecule has 6 heteroatoms. The van der Waals surface area contributed by atoms with Crippen molar-refractivity contribution in [2.24, 2.45) is 0 Å². The van der Waals surface area contributed by atoms with Crippen molar-refractivity contribution >= 4 is 24.0 Å². The van der Waals surface area contributed by atoms with E-state index in [1.165, 1.54) is 6.08 Å². The van der Waals surface area contributed by atoms with Crippen LogP contribution >= 0.6 is 0 Å². The second kappa shape index (κ2) is 17.0. The standard InChI is InChI=1S/C14H18O2.C10H16O4/c1-2-3-7-12-16-14(15)11-10-13-8-5-4-6-9-13;1-7(2)13-9(11)5-6-10(12)14-8(3)4/h4-6,8-11H,2-3,7,12H2,1H3;5-8H,1-4H3/b;6-5+. The molecule has 0 aromatic heterocycles. The van der Waals surface area contributed by atoms with Gasteiger partial charge in [-0.1, -0.05) is 50.1 Å². The van der Waals surface area contributed by atoms with Gasteiger partial charge in [0.1, 0.15) is 0 Å². The van der Waals surface area contributed by atoms with E-state index in [9.17, 15) is 14.4 Å². The summed E-state index contributed by atoms with van der Waals surface area (Å²) >= 11 is 0. The summed E-state index contributed by atoms with van der Waals surface area (Å²) < 4.78 is 14.6. The van der Waals surface area contributed by atoms with Crippen molar-refractivity contribution < 1.29 is 28.6 Å². The molecule has 0 amide bonds. The Balaban J connectivity index is 0.000000567. The number of hydrogen-bond donors (Lipinski definition) is 0. The maximum atomic E-state index is 11.3. The molecule has 0 saturated carbocycles. The zero-order valence-corrected chi connectivity index (χ0v) is 18.6. The average Bonchev–Trinajstić information content (AvgIpc) is 2.68. The van der Waals surface area contributed by atoms with Gasteiger partial charge in [0.25, 0.3) is 0 Å². The fourth-order valence-electron chi connectivity index (χ4n) is 1.98. The Bertz CT molecular complexity index is 650. The van der Waals surface area contributed by atoms with Gasteiger partial charge in [-0.05, 0) is 45.8 Å². The zero-order valence-electron chi connectivity index (χ0n) is 18.6. The van der Waals surface area contributed by atoms with Crippen LogP contribution < -0.4 is 0 Å². The molecule has 1 aromatic rings. The van der Waals surface area contributed by atoms with Gasteiger partial charge in [0.05, 0.1) is 18.8 Å². The summed E-state index contributed by atoms with van der Waals surface area (Å²) in [5.74, 6) is -1.35. The first-order valence-corrected chi connectivity index (χ1v) is 10.2. The molecule has 0 bridgehead atoms. The molecule has 1 aromatic carbocycles. The first-order valence-electron chi connectivity index (χ1n) is 10.2. The van der Waals surface area contributed by atoms with E-state index in [4.69, 9.17) is 14.2 Å². The predicted octanol–water partition coefficient (Wildman–Crippen LogP) is 4.88. The van der Waals surface area contributed by atoms with E-state index in [2.05, 4.69) is 6.92 Å². The molecule has 0 N–H and O–H groups in total. The van der Waals surface area contributed by atoms with Crippen LogP contribution in [0.3, 0.4) is 0 Å². The first kappa shape index (κ1) is 27.1. The van der Waals surface area contributed by atoms with Crippen molar-refractivity contribution in [3.63, 3.8) is 0 Å². The Kier molecular flexibility index (Phi) is 15.4. The van der Waals surface area contributed by atoms with E-state index in [0.29, 0.717) is 6.61 Å². The number of unbranched alkanes of at least 4 members (excludes halogenated alkanes) is 2. The highest BCUT2D eigenvalue weighted by molar-refractivity contribution is 5.91. The lowest BCUT2D eigenvalue weighted by Gasteiger charge is -2.05. The summed E-state index contributed by atoms with van der Waals surface area (Å²) in [4.78, 5) is 33.1. The fraction of sp³-hybridized carbons (Fsp3) is 0.458. The van der Waals surface area contributed by atoms with Crippen LogP contribution in [0.1, 0.15) is 59.4 Å². The minimum absolute atomic E-state index is 0.187. The summed E-state index contributed by atoms with van der Waals surface area (Å²) in [5, 5.41) is 0. The topological polar surface area (TPSA) is 78.9 Å². The Morgan fingerprint density at radius 3 is 1.80 bits per heavy atom. The minimum atomic E-state index is -0.541. The van der Waals surface area contributed by atoms with Gasteiger partial charge in [-0.25, -0.2) is 14.4 Å². The minimum Gasteiger partial charge on any atom is -0.463 e. The number of carbonyl (C=O) groups excluding carboxylic acids is 3. The molecular weight excluding hydrogens is 384 g/mol. The third-order valence-electron chi connectivity index (χ3n) is 3.26. The molecule has 0 radical (unpaired) electrons. The van der Waals surface area contributed by atoms with E-state index in [-0.39, 0.29) is 18.2 Å². The maximum Gasteiger partial charge on any atom is 0.331 e. The summed E-state index contributed by atoms with van der Waals surface area (Å²) in [6, 6.07) is 9.71. The van der Waals surface area contributed by atoms with Gasteiger partial charge in [-0.15, -0.1) is 0 Å². The molecule has 0 spiro atoms. The molecule has 1 rings (SSSR count). The number of hydrogen-bond acceptors (Lipinski definition) is 6. The summed E-state index contributed by atoms with van der Waals surface area (Å²) in [6.45, 7) is 9.58. The monoisotopic (exact) mass is 418 g/mol. The van der Waals surface area contributed by atoms with Crippen molar-refractivity contribution in [2.45, 2.75) is 66.1 Å². The van der Waals surface area contributed by atoms with Gasteiger partial charge in [-0.2, -0.15) is 0 Å². The predicted molar refractivity (Wildman–Crippen MR) is 118 cm³/mol. The van der Waals surface area contributed by atoms with Crippen LogP contribution in [0.25, 0.3) is 6.08 Å². The molecule has 0 aliphatic carbocycles. The van der Waals surface area contributed by atoms with Crippen LogP contribution in [0.2, 0.25) is 0 Å². The van der Waals surface area contributed by atoms with Crippen LogP contribution in [0.4, 0.5) is 0 Å². The summed E-state index contributed by atoms with van der Waals surface area (Å²) in [7, 11) is 0. The molecule has 0 aliphatic heterocycles. The van der Waals surface area contributed by atoms with E-state index < -0.39 is 11.9 Å². The number of ether oxygens (including phenoxy) is 3. The molecule has 30 heavy (non-hydrogen) atoms. The van der Waals surface area contributed by atoms with Gasteiger partial charge in [0.15, 0.2) is 0 Å². The van der Waals surface area contributed by atoms with Gasteiger partial charge in [0.2, 0.25) is 0 Å². The number of carbonyl (C=O) groups is 3. The van der Waals surface area contributed by atoms with Gasteiger partial charge < -0.3 is 14.2 Å². The summed E-state index contributed by atoms with van der Waals surface area (Å²) in [6.07, 6.45) is 8.18. The Hall–Kier alpha value is -2.89. The van der Waals surface area contributed by atoms with Crippen LogP contribution in [-0.2, 0) is 28.6 Å². The van der Waals surface area contributed by atoms with Crippen molar-refractivity contribution in [2.75, 3.05) is 6.61 Å². The highest BCUT2D eigenvalue weighted by atomic mass is 16.5. The molecule has 166 valence electrons. The van der Waals surface area contributed by atoms with Gasteiger partial charge in [-0.3, -0.25) is 0 Å². The van der Waals surface area contributed by atoms with Crippen molar-refractivity contribution in [3.8, 4) is 0 Å². The Morgan fingerprint density at radius 2 is 1.33 bits per heavy atom. The van der Waals surface area contributed by atoms with Crippen molar-refractivity contribution in [3.05, 3.63) is 54.1 Å². The average molecular weight is 419 g/mol. The van der Waals surface area contributed by atoms with Gasteiger partial charge in [0, 0.05) is 18.2 Å². The smallest absolute Gasteiger partial charge is 0.331 e. The molecule has 0 unspecified atom stereocenters.